The first-order chi connectivity index (χ1) is 14.2. The number of nitrogens with zero attached hydrogens (tertiary/aromatic N) is 2. The van der Waals surface area contributed by atoms with Crippen molar-refractivity contribution >= 4 is 17.7 Å². The summed E-state index contributed by atoms with van der Waals surface area (Å²) in [6.07, 6.45) is 0. The molecular weight excluding hydrogens is 384 g/mol. The Kier molecular flexibility index (Phi) is 6.62. The molecule has 0 atom stereocenters. The standard InChI is InChI=1S/C23H28N2O3S/c1-18-3-2-4-20(13-18)16-29-17-23(26)25-9-7-24(8-10-25)15-19-5-6-21-22(14-19)28-12-11-27-21/h2-6,13-14H,7-12,15-17H2,1H3. The molecule has 1 amide bonds. The van der Waals surface area contributed by atoms with Gasteiger partial charge in [-0.05, 0) is 30.2 Å². The first-order valence-electron chi connectivity index (χ1n) is 10.2. The zero-order valence-corrected chi connectivity index (χ0v) is 17.7. The van der Waals surface area contributed by atoms with Crippen molar-refractivity contribution in [2.75, 3.05) is 45.1 Å². The summed E-state index contributed by atoms with van der Waals surface area (Å²) in [4.78, 5) is 16.9. The van der Waals surface area contributed by atoms with Crippen molar-refractivity contribution < 1.29 is 14.3 Å². The van der Waals surface area contributed by atoms with E-state index < -0.39 is 0 Å². The molecule has 0 saturated carbocycles. The van der Waals surface area contributed by atoms with Crippen LogP contribution in [-0.2, 0) is 17.1 Å². The van der Waals surface area contributed by atoms with Gasteiger partial charge in [0.2, 0.25) is 5.91 Å². The second-order valence-corrected chi connectivity index (χ2v) is 8.60. The number of ether oxygens (including phenoxy) is 2. The highest BCUT2D eigenvalue weighted by Gasteiger charge is 2.21. The number of hydrogen-bond donors (Lipinski definition) is 0. The predicted octanol–water partition coefficient (Wildman–Crippen LogP) is 3.34. The largest absolute Gasteiger partial charge is 0.486 e. The summed E-state index contributed by atoms with van der Waals surface area (Å²) in [5, 5.41) is 0. The Balaban J connectivity index is 1.20. The van der Waals surface area contributed by atoms with Crippen LogP contribution in [0.15, 0.2) is 42.5 Å². The van der Waals surface area contributed by atoms with Crippen LogP contribution >= 0.6 is 11.8 Å². The lowest BCUT2D eigenvalue weighted by Crippen LogP contribution is -2.48. The van der Waals surface area contributed by atoms with Crippen LogP contribution in [0.4, 0.5) is 0 Å². The van der Waals surface area contributed by atoms with Crippen LogP contribution in [0.25, 0.3) is 0 Å². The zero-order valence-electron chi connectivity index (χ0n) is 16.9. The Morgan fingerprint density at radius 2 is 1.76 bits per heavy atom. The van der Waals surface area contributed by atoms with Gasteiger partial charge in [-0.3, -0.25) is 9.69 Å². The molecule has 0 bridgehead atoms. The van der Waals surface area contributed by atoms with Gasteiger partial charge in [-0.15, -0.1) is 11.8 Å². The van der Waals surface area contributed by atoms with Crippen LogP contribution in [0.5, 0.6) is 11.5 Å². The van der Waals surface area contributed by atoms with Gasteiger partial charge in [-0.2, -0.15) is 0 Å². The highest BCUT2D eigenvalue weighted by Crippen LogP contribution is 2.31. The van der Waals surface area contributed by atoms with Crippen LogP contribution in [0.2, 0.25) is 0 Å². The Labute approximate surface area is 177 Å². The molecule has 154 valence electrons. The Bertz CT molecular complexity index is 850. The molecule has 6 heteroatoms. The van der Waals surface area contributed by atoms with E-state index >= 15 is 0 Å². The highest BCUT2D eigenvalue weighted by molar-refractivity contribution is 7.99. The number of amides is 1. The van der Waals surface area contributed by atoms with E-state index in [1.165, 1.54) is 16.7 Å². The van der Waals surface area contributed by atoms with E-state index in [0.717, 1.165) is 50.0 Å². The maximum absolute atomic E-state index is 12.5. The molecule has 29 heavy (non-hydrogen) atoms. The summed E-state index contributed by atoms with van der Waals surface area (Å²) >= 11 is 1.70. The smallest absolute Gasteiger partial charge is 0.232 e. The number of carbonyl (C=O) groups excluding carboxylic acids is 1. The lowest BCUT2D eigenvalue weighted by Gasteiger charge is -2.35. The van der Waals surface area contributed by atoms with E-state index in [-0.39, 0.29) is 5.91 Å². The quantitative estimate of drug-likeness (QED) is 0.728. The van der Waals surface area contributed by atoms with Gasteiger partial charge in [-0.25, -0.2) is 0 Å². The molecule has 1 fully saturated rings. The number of hydrogen-bond acceptors (Lipinski definition) is 5. The van der Waals surface area contributed by atoms with Crippen LogP contribution in [0.1, 0.15) is 16.7 Å². The fourth-order valence-corrected chi connectivity index (χ4v) is 4.62. The number of piperazine rings is 1. The van der Waals surface area contributed by atoms with Crippen molar-refractivity contribution in [2.24, 2.45) is 0 Å². The number of rotatable bonds is 6. The third-order valence-corrected chi connectivity index (χ3v) is 6.30. The predicted molar refractivity (Wildman–Crippen MR) is 117 cm³/mol. The van der Waals surface area contributed by atoms with Crippen molar-refractivity contribution in [3.8, 4) is 11.5 Å². The van der Waals surface area contributed by atoms with E-state index in [4.69, 9.17) is 9.47 Å². The van der Waals surface area contributed by atoms with Crippen molar-refractivity contribution in [1.82, 2.24) is 9.80 Å². The van der Waals surface area contributed by atoms with Gasteiger partial charge in [0, 0.05) is 38.5 Å². The van der Waals surface area contributed by atoms with Crippen molar-refractivity contribution in [3.63, 3.8) is 0 Å². The van der Waals surface area contributed by atoms with Gasteiger partial charge < -0.3 is 14.4 Å². The number of fused-ring (bicyclic) bond motifs is 1. The maximum Gasteiger partial charge on any atom is 0.232 e. The molecule has 2 aromatic carbocycles. The van der Waals surface area contributed by atoms with Crippen LogP contribution in [0, 0.1) is 6.92 Å². The summed E-state index contributed by atoms with van der Waals surface area (Å²) in [6.45, 7) is 7.61. The average molecular weight is 413 g/mol. The summed E-state index contributed by atoms with van der Waals surface area (Å²) < 4.78 is 11.3. The van der Waals surface area contributed by atoms with Gasteiger partial charge in [0.1, 0.15) is 13.2 Å². The first-order valence-corrected chi connectivity index (χ1v) is 11.3. The average Bonchev–Trinajstić information content (AvgIpc) is 2.74. The van der Waals surface area contributed by atoms with Gasteiger partial charge in [-0.1, -0.05) is 35.9 Å². The van der Waals surface area contributed by atoms with E-state index in [0.29, 0.717) is 19.0 Å². The number of carbonyl (C=O) groups is 1. The normalized spacial score (nSPS) is 16.7. The van der Waals surface area contributed by atoms with Crippen molar-refractivity contribution in [1.29, 1.82) is 0 Å². The number of aryl methyl sites for hydroxylation is 1. The second-order valence-electron chi connectivity index (χ2n) is 7.62. The van der Waals surface area contributed by atoms with Gasteiger partial charge in [0.05, 0.1) is 5.75 Å². The van der Waals surface area contributed by atoms with Crippen LogP contribution in [0.3, 0.4) is 0 Å². The lowest BCUT2D eigenvalue weighted by atomic mass is 10.1. The minimum absolute atomic E-state index is 0.252. The molecule has 0 radical (unpaired) electrons. The molecular formula is C23H28N2O3S. The van der Waals surface area contributed by atoms with E-state index in [9.17, 15) is 4.79 Å². The van der Waals surface area contributed by atoms with E-state index in [1.807, 2.05) is 11.0 Å². The molecule has 0 unspecified atom stereocenters. The van der Waals surface area contributed by atoms with Crippen molar-refractivity contribution in [2.45, 2.75) is 19.2 Å². The Hall–Kier alpha value is -2.18. The number of thioether (sulfide) groups is 1. The monoisotopic (exact) mass is 412 g/mol. The molecule has 2 aromatic rings. The molecule has 2 aliphatic heterocycles. The minimum Gasteiger partial charge on any atom is -0.486 e. The fraction of sp³-hybridized carbons (Fsp3) is 0.435. The second kappa shape index (κ2) is 9.55. The molecule has 5 nitrogen and oxygen atoms in total. The van der Waals surface area contributed by atoms with Crippen molar-refractivity contribution in [3.05, 3.63) is 59.2 Å². The highest BCUT2D eigenvalue weighted by atomic mass is 32.2. The summed E-state index contributed by atoms with van der Waals surface area (Å²) in [5.41, 5.74) is 3.78. The molecule has 0 spiro atoms. The summed E-state index contributed by atoms with van der Waals surface area (Å²) in [5.74, 6) is 3.36. The molecule has 2 heterocycles. The number of benzene rings is 2. The van der Waals surface area contributed by atoms with E-state index in [2.05, 4.69) is 48.2 Å². The minimum atomic E-state index is 0.252. The topological polar surface area (TPSA) is 42.0 Å². The third kappa shape index (κ3) is 5.46. The van der Waals surface area contributed by atoms with E-state index in [1.54, 1.807) is 11.8 Å². The van der Waals surface area contributed by atoms with Crippen LogP contribution in [-0.4, -0.2) is 60.9 Å². The molecule has 0 N–H and O–H groups in total. The first kappa shape index (κ1) is 20.1. The molecule has 0 aliphatic carbocycles. The Morgan fingerprint density at radius 1 is 0.966 bits per heavy atom. The molecule has 4 rings (SSSR count). The summed E-state index contributed by atoms with van der Waals surface area (Å²) in [6, 6.07) is 14.7. The maximum atomic E-state index is 12.5. The van der Waals surface area contributed by atoms with Gasteiger partial charge in [0.25, 0.3) is 0 Å². The van der Waals surface area contributed by atoms with Gasteiger partial charge >= 0.3 is 0 Å². The molecule has 1 saturated heterocycles. The lowest BCUT2D eigenvalue weighted by molar-refractivity contribution is -0.130. The zero-order chi connectivity index (χ0) is 20.1. The van der Waals surface area contributed by atoms with Gasteiger partial charge in [0.15, 0.2) is 11.5 Å². The van der Waals surface area contributed by atoms with Crippen LogP contribution < -0.4 is 9.47 Å². The third-order valence-electron chi connectivity index (χ3n) is 5.31. The Morgan fingerprint density at radius 3 is 2.55 bits per heavy atom. The SMILES string of the molecule is Cc1cccc(CSCC(=O)N2CCN(Cc3ccc4c(c3)OCCO4)CC2)c1. The fourth-order valence-electron chi connectivity index (χ4n) is 3.75. The molecule has 0 aromatic heterocycles. The summed E-state index contributed by atoms with van der Waals surface area (Å²) in [7, 11) is 0. The molecule has 2 aliphatic rings.